The maximum absolute atomic E-state index is 4.81. The zero-order valence-electron chi connectivity index (χ0n) is 17.3. The topological polar surface area (TPSA) is 49.3 Å². The molecule has 3 unspecified atom stereocenters. The van der Waals surface area contributed by atoms with Crippen LogP contribution >= 0.6 is 23.5 Å². The van der Waals surface area contributed by atoms with E-state index in [4.69, 9.17) is 4.99 Å². The van der Waals surface area contributed by atoms with Gasteiger partial charge in [-0.15, -0.1) is 23.5 Å². The van der Waals surface area contributed by atoms with Crippen LogP contribution in [0.15, 0.2) is 89.0 Å². The SMILES string of the molecule is C1=CSC(c2ccc(-c3ccc4cc(C5=CCC(C6NC=CS6)N=C5)ccc4c3)cn2)N1. The molecule has 2 N–H and O–H groups in total. The van der Waals surface area contributed by atoms with Crippen LogP contribution in [0.1, 0.15) is 23.1 Å². The van der Waals surface area contributed by atoms with Gasteiger partial charge in [-0.2, -0.15) is 0 Å². The molecule has 4 nitrogen and oxygen atoms in total. The van der Waals surface area contributed by atoms with Crippen LogP contribution in [0, 0.1) is 0 Å². The van der Waals surface area contributed by atoms with Gasteiger partial charge in [0.05, 0.1) is 17.1 Å². The Kier molecular flexibility index (Phi) is 5.25. The third-order valence-electron chi connectivity index (χ3n) is 5.98. The summed E-state index contributed by atoms with van der Waals surface area (Å²) in [5.74, 6) is 0. The minimum Gasteiger partial charge on any atom is -0.377 e. The minimum atomic E-state index is 0.219. The summed E-state index contributed by atoms with van der Waals surface area (Å²) < 4.78 is 0. The molecule has 0 saturated heterocycles. The predicted molar refractivity (Wildman–Crippen MR) is 138 cm³/mol. The summed E-state index contributed by atoms with van der Waals surface area (Å²) in [4.78, 5) is 9.48. The van der Waals surface area contributed by atoms with Crippen LogP contribution in [-0.2, 0) is 0 Å². The second-order valence-electron chi connectivity index (χ2n) is 8.00. The molecule has 0 saturated carbocycles. The molecule has 32 heavy (non-hydrogen) atoms. The van der Waals surface area contributed by atoms with E-state index in [0.717, 1.165) is 17.7 Å². The van der Waals surface area contributed by atoms with Crippen molar-refractivity contribution in [3.8, 4) is 11.1 Å². The first kappa shape index (κ1) is 19.7. The second kappa shape index (κ2) is 8.52. The first-order valence-electron chi connectivity index (χ1n) is 10.7. The Morgan fingerprint density at radius 2 is 1.59 bits per heavy atom. The van der Waals surface area contributed by atoms with Gasteiger partial charge in [0.15, 0.2) is 0 Å². The number of dihydropyridines is 1. The molecule has 6 rings (SSSR count). The number of nitrogens with zero attached hydrogens (tertiary/aromatic N) is 2. The number of rotatable bonds is 4. The monoisotopic (exact) mass is 454 g/mol. The fraction of sp³-hybridized carbons (Fsp3) is 0.154. The van der Waals surface area contributed by atoms with Crippen molar-refractivity contribution in [3.05, 3.63) is 95.3 Å². The van der Waals surface area contributed by atoms with Crippen molar-refractivity contribution in [2.45, 2.75) is 23.2 Å². The molecule has 0 bridgehead atoms. The number of allylic oxidation sites excluding steroid dienone is 1. The lowest BCUT2D eigenvalue weighted by Gasteiger charge is -2.21. The van der Waals surface area contributed by atoms with Gasteiger partial charge in [0, 0.05) is 30.4 Å². The molecule has 3 atom stereocenters. The van der Waals surface area contributed by atoms with E-state index in [1.807, 2.05) is 36.6 Å². The third kappa shape index (κ3) is 3.85. The van der Waals surface area contributed by atoms with E-state index >= 15 is 0 Å². The number of pyridine rings is 1. The normalized spacial score (nSPS) is 23.9. The molecule has 1 aromatic heterocycles. The highest BCUT2D eigenvalue weighted by Crippen LogP contribution is 2.32. The molecule has 0 amide bonds. The molecule has 3 aliphatic rings. The Morgan fingerprint density at radius 3 is 2.28 bits per heavy atom. The lowest BCUT2D eigenvalue weighted by molar-refractivity contribution is 0.611. The Hall–Kier alpha value is -2.96. The molecule has 0 spiro atoms. The van der Waals surface area contributed by atoms with Crippen LogP contribution in [0.2, 0.25) is 0 Å². The largest absolute Gasteiger partial charge is 0.377 e. The van der Waals surface area contributed by atoms with Gasteiger partial charge in [-0.1, -0.05) is 36.4 Å². The molecule has 6 heteroatoms. The van der Waals surface area contributed by atoms with Gasteiger partial charge < -0.3 is 10.6 Å². The van der Waals surface area contributed by atoms with Crippen molar-refractivity contribution in [1.82, 2.24) is 15.6 Å². The number of aromatic nitrogens is 1. The van der Waals surface area contributed by atoms with Gasteiger partial charge in [0.1, 0.15) is 5.37 Å². The lowest BCUT2D eigenvalue weighted by atomic mass is 9.96. The number of thioether (sulfide) groups is 2. The summed E-state index contributed by atoms with van der Waals surface area (Å²) >= 11 is 3.55. The Balaban J connectivity index is 1.20. The smallest absolute Gasteiger partial charge is 0.119 e. The van der Waals surface area contributed by atoms with Crippen molar-refractivity contribution < 1.29 is 0 Å². The summed E-state index contributed by atoms with van der Waals surface area (Å²) in [6.07, 6.45) is 11.3. The van der Waals surface area contributed by atoms with Gasteiger partial charge >= 0.3 is 0 Å². The van der Waals surface area contributed by atoms with E-state index in [1.165, 1.54) is 27.5 Å². The minimum absolute atomic E-state index is 0.219. The maximum Gasteiger partial charge on any atom is 0.119 e. The third-order valence-corrected chi connectivity index (χ3v) is 7.96. The quantitative estimate of drug-likeness (QED) is 0.501. The van der Waals surface area contributed by atoms with Crippen molar-refractivity contribution >= 4 is 46.1 Å². The summed E-state index contributed by atoms with van der Waals surface area (Å²) in [7, 11) is 0. The lowest BCUT2D eigenvalue weighted by Crippen LogP contribution is -2.30. The number of fused-ring (bicyclic) bond motifs is 1. The second-order valence-corrected chi connectivity index (χ2v) is 10.1. The number of nitrogens with one attached hydrogen (secondary N) is 2. The number of hydrogen-bond donors (Lipinski definition) is 2. The molecule has 158 valence electrons. The van der Waals surface area contributed by atoms with Crippen molar-refractivity contribution in [3.63, 3.8) is 0 Å². The number of hydrogen-bond acceptors (Lipinski definition) is 6. The first-order valence-corrected chi connectivity index (χ1v) is 12.6. The van der Waals surface area contributed by atoms with E-state index in [0.29, 0.717) is 11.4 Å². The average molecular weight is 455 g/mol. The van der Waals surface area contributed by atoms with Crippen molar-refractivity contribution in [2.75, 3.05) is 0 Å². The zero-order valence-corrected chi connectivity index (χ0v) is 18.9. The highest BCUT2D eigenvalue weighted by Gasteiger charge is 2.23. The van der Waals surface area contributed by atoms with Gasteiger partial charge in [0.2, 0.25) is 0 Å². The van der Waals surface area contributed by atoms with Crippen molar-refractivity contribution in [2.24, 2.45) is 4.99 Å². The van der Waals surface area contributed by atoms with Gasteiger partial charge in [-0.3, -0.25) is 9.98 Å². The highest BCUT2D eigenvalue weighted by atomic mass is 32.2. The zero-order chi connectivity index (χ0) is 21.3. The van der Waals surface area contributed by atoms with Gasteiger partial charge in [0.25, 0.3) is 0 Å². The Bertz CT molecular complexity index is 1260. The van der Waals surface area contributed by atoms with E-state index < -0.39 is 0 Å². The summed E-state index contributed by atoms with van der Waals surface area (Å²) in [5, 5.41) is 13.9. The fourth-order valence-electron chi connectivity index (χ4n) is 4.21. The molecule has 4 heterocycles. The molecule has 3 aliphatic heterocycles. The molecule has 0 fully saturated rings. The maximum atomic E-state index is 4.81. The van der Waals surface area contributed by atoms with Gasteiger partial charge in [-0.05, 0) is 62.9 Å². The van der Waals surface area contributed by atoms with Crippen LogP contribution in [0.4, 0.5) is 0 Å². The van der Waals surface area contributed by atoms with Crippen LogP contribution in [0.5, 0.6) is 0 Å². The van der Waals surface area contributed by atoms with Crippen LogP contribution < -0.4 is 10.6 Å². The van der Waals surface area contributed by atoms with Crippen LogP contribution in [-0.4, -0.2) is 22.6 Å². The fourth-order valence-corrected chi connectivity index (χ4v) is 5.80. The molecule has 0 radical (unpaired) electrons. The molecule has 2 aromatic carbocycles. The predicted octanol–water partition coefficient (Wildman–Crippen LogP) is 6.07. The number of benzene rings is 2. The molecular formula is C26H22N4S2. The molecule has 3 aromatic rings. The standard InChI is InChI=1S/C26H22N4S2/c1-3-19(21-5-7-23(29-15-21)25-27-9-11-31-25)14-18-2-4-20(13-17(1)18)22-6-8-24(30-16-22)26-28-10-12-32-26/h1-7,9-16,24-28H,8H2. The van der Waals surface area contributed by atoms with Crippen LogP contribution in [0.25, 0.3) is 27.5 Å². The summed E-state index contributed by atoms with van der Waals surface area (Å²) in [6.45, 7) is 0. The summed E-state index contributed by atoms with van der Waals surface area (Å²) in [6, 6.07) is 17.9. The Morgan fingerprint density at radius 1 is 0.812 bits per heavy atom. The Labute approximate surface area is 196 Å². The molecular weight excluding hydrogens is 432 g/mol. The van der Waals surface area contributed by atoms with Gasteiger partial charge in [-0.25, -0.2) is 0 Å². The first-order chi connectivity index (χ1) is 15.8. The molecule has 0 aliphatic carbocycles. The van der Waals surface area contributed by atoms with Crippen LogP contribution in [0.3, 0.4) is 0 Å². The van der Waals surface area contributed by atoms with E-state index in [1.54, 1.807) is 11.8 Å². The van der Waals surface area contributed by atoms with Crippen molar-refractivity contribution in [1.29, 1.82) is 0 Å². The van der Waals surface area contributed by atoms with E-state index in [9.17, 15) is 0 Å². The summed E-state index contributed by atoms with van der Waals surface area (Å²) in [5.41, 5.74) is 5.80. The average Bonchev–Trinajstić information content (AvgIpc) is 3.59. The number of aliphatic imine (C=N–C) groups is 1. The highest BCUT2D eigenvalue weighted by molar-refractivity contribution is 8.03. The van der Waals surface area contributed by atoms with E-state index in [-0.39, 0.29) is 5.37 Å². The van der Waals surface area contributed by atoms with E-state index in [2.05, 4.69) is 81.0 Å².